The predicted octanol–water partition coefficient (Wildman–Crippen LogP) is 2.41. The molecule has 0 amide bonds. The van der Waals surface area contributed by atoms with Crippen molar-refractivity contribution in [3.05, 3.63) is 23.8 Å². The smallest absolute Gasteiger partial charge is 0.100 e. The highest BCUT2D eigenvalue weighted by atomic mass is 32.2. The van der Waals surface area contributed by atoms with Gasteiger partial charge in [0.1, 0.15) is 6.07 Å². The number of rotatable bonds is 2. The van der Waals surface area contributed by atoms with Gasteiger partial charge < -0.3 is 10.5 Å². The van der Waals surface area contributed by atoms with Crippen molar-refractivity contribution >= 4 is 17.4 Å². The first-order valence-corrected chi connectivity index (χ1v) is 6.16. The molecule has 1 fully saturated rings. The van der Waals surface area contributed by atoms with E-state index in [9.17, 15) is 0 Å². The Morgan fingerprint density at radius 2 is 2.38 bits per heavy atom. The molecule has 0 bridgehead atoms. The third-order valence-electron chi connectivity index (χ3n) is 2.71. The minimum atomic E-state index is 0.258. The summed E-state index contributed by atoms with van der Waals surface area (Å²) in [7, 11) is 0. The zero-order valence-electron chi connectivity index (χ0n) is 9.14. The fourth-order valence-electron chi connectivity index (χ4n) is 1.77. The first-order chi connectivity index (χ1) is 7.70. The molecule has 1 aromatic carbocycles. The van der Waals surface area contributed by atoms with E-state index in [1.807, 2.05) is 12.1 Å². The molecule has 0 saturated carbocycles. The number of ether oxygens (including phenoxy) is 1. The summed E-state index contributed by atoms with van der Waals surface area (Å²) in [5, 5.41) is 9.47. The highest BCUT2D eigenvalue weighted by molar-refractivity contribution is 8.00. The number of nitriles is 1. The Morgan fingerprint density at radius 1 is 1.56 bits per heavy atom. The van der Waals surface area contributed by atoms with Crippen LogP contribution in [0.25, 0.3) is 0 Å². The summed E-state index contributed by atoms with van der Waals surface area (Å²) < 4.78 is 5.51. The Labute approximate surface area is 99.6 Å². The summed E-state index contributed by atoms with van der Waals surface area (Å²) in [5.74, 6) is 0. The standard InChI is InChI=1S/C12H14N2OS/c1-8-11(4-5-15-8)16-12-3-2-10(14)6-9(12)7-13/h2-3,6,8,11H,4-5,14H2,1H3. The first kappa shape index (κ1) is 11.3. The van der Waals surface area contributed by atoms with E-state index in [0.29, 0.717) is 16.5 Å². The monoisotopic (exact) mass is 234 g/mol. The molecule has 84 valence electrons. The molecule has 16 heavy (non-hydrogen) atoms. The Hall–Kier alpha value is -1.18. The van der Waals surface area contributed by atoms with E-state index in [-0.39, 0.29) is 6.10 Å². The fraction of sp³-hybridized carbons (Fsp3) is 0.417. The summed E-state index contributed by atoms with van der Waals surface area (Å²) in [6.45, 7) is 2.89. The second-order valence-electron chi connectivity index (χ2n) is 3.89. The molecule has 0 spiro atoms. The Bertz CT molecular complexity index is 428. The number of anilines is 1. The average Bonchev–Trinajstić information content (AvgIpc) is 2.67. The van der Waals surface area contributed by atoms with E-state index in [0.717, 1.165) is 17.9 Å². The third-order valence-corrected chi connectivity index (χ3v) is 4.24. The van der Waals surface area contributed by atoms with Crippen LogP contribution >= 0.6 is 11.8 Å². The van der Waals surface area contributed by atoms with E-state index >= 15 is 0 Å². The van der Waals surface area contributed by atoms with Gasteiger partial charge in [0.2, 0.25) is 0 Å². The molecule has 3 nitrogen and oxygen atoms in total. The lowest BCUT2D eigenvalue weighted by Gasteiger charge is -2.14. The van der Waals surface area contributed by atoms with Crippen molar-refractivity contribution in [2.45, 2.75) is 29.6 Å². The van der Waals surface area contributed by atoms with Gasteiger partial charge >= 0.3 is 0 Å². The largest absolute Gasteiger partial charge is 0.399 e. The molecule has 1 heterocycles. The maximum absolute atomic E-state index is 9.03. The lowest BCUT2D eigenvalue weighted by molar-refractivity contribution is 0.127. The molecule has 4 heteroatoms. The van der Waals surface area contributed by atoms with Crippen LogP contribution in [0.3, 0.4) is 0 Å². The molecule has 0 radical (unpaired) electrons. The van der Waals surface area contributed by atoms with Crippen LogP contribution in [0, 0.1) is 11.3 Å². The topological polar surface area (TPSA) is 59.0 Å². The van der Waals surface area contributed by atoms with Gasteiger partial charge in [-0.2, -0.15) is 5.26 Å². The molecule has 2 N–H and O–H groups in total. The lowest BCUT2D eigenvalue weighted by atomic mass is 10.2. The Kier molecular flexibility index (Phi) is 3.37. The van der Waals surface area contributed by atoms with E-state index in [1.54, 1.807) is 17.8 Å². The summed E-state index contributed by atoms with van der Waals surface area (Å²) in [5.41, 5.74) is 6.95. The summed E-state index contributed by atoms with van der Waals surface area (Å²) in [4.78, 5) is 0.999. The minimum absolute atomic E-state index is 0.258. The Balaban J connectivity index is 2.18. The minimum Gasteiger partial charge on any atom is -0.399 e. The van der Waals surface area contributed by atoms with E-state index in [1.165, 1.54) is 0 Å². The Morgan fingerprint density at radius 3 is 3.00 bits per heavy atom. The van der Waals surface area contributed by atoms with Crippen molar-refractivity contribution in [1.29, 1.82) is 5.26 Å². The van der Waals surface area contributed by atoms with Gasteiger partial charge in [0.05, 0.1) is 11.7 Å². The number of nitrogens with zero attached hydrogens (tertiary/aromatic N) is 1. The van der Waals surface area contributed by atoms with Crippen molar-refractivity contribution in [3.8, 4) is 6.07 Å². The van der Waals surface area contributed by atoms with Gasteiger partial charge in [0.15, 0.2) is 0 Å². The van der Waals surface area contributed by atoms with Gasteiger partial charge in [-0.1, -0.05) is 0 Å². The summed E-state index contributed by atoms with van der Waals surface area (Å²) in [6, 6.07) is 7.67. The van der Waals surface area contributed by atoms with Crippen LogP contribution in [0.5, 0.6) is 0 Å². The molecule has 1 saturated heterocycles. The molecule has 1 aliphatic rings. The molecule has 1 aliphatic heterocycles. The van der Waals surface area contributed by atoms with E-state index in [2.05, 4.69) is 13.0 Å². The number of nitrogen functional groups attached to an aromatic ring is 1. The van der Waals surface area contributed by atoms with Gasteiger partial charge in [0.25, 0.3) is 0 Å². The normalized spacial score (nSPS) is 24.2. The SMILES string of the molecule is CC1OCCC1Sc1ccc(N)cc1C#N. The van der Waals surface area contributed by atoms with Crippen LogP contribution in [0.1, 0.15) is 18.9 Å². The van der Waals surface area contributed by atoms with Crippen molar-refractivity contribution in [3.63, 3.8) is 0 Å². The van der Waals surface area contributed by atoms with Crippen LogP contribution in [-0.4, -0.2) is 18.0 Å². The van der Waals surface area contributed by atoms with Gasteiger partial charge in [-0.05, 0) is 31.5 Å². The van der Waals surface area contributed by atoms with E-state index in [4.69, 9.17) is 15.7 Å². The molecule has 0 aromatic heterocycles. The predicted molar refractivity (Wildman–Crippen MR) is 65.2 cm³/mol. The van der Waals surface area contributed by atoms with Gasteiger partial charge in [0, 0.05) is 22.4 Å². The number of hydrogen-bond acceptors (Lipinski definition) is 4. The van der Waals surface area contributed by atoms with Crippen LogP contribution < -0.4 is 5.73 Å². The molecule has 1 aromatic rings. The zero-order chi connectivity index (χ0) is 11.5. The number of hydrogen-bond donors (Lipinski definition) is 1. The van der Waals surface area contributed by atoms with Crippen molar-refractivity contribution in [2.24, 2.45) is 0 Å². The van der Waals surface area contributed by atoms with Crippen LogP contribution in [0.4, 0.5) is 5.69 Å². The summed E-state index contributed by atoms with van der Waals surface area (Å²) in [6.07, 6.45) is 1.30. The summed E-state index contributed by atoms with van der Waals surface area (Å²) >= 11 is 1.72. The highest BCUT2D eigenvalue weighted by Crippen LogP contribution is 2.34. The zero-order valence-corrected chi connectivity index (χ0v) is 9.96. The van der Waals surface area contributed by atoms with Crippen LogP contribution in [0.15, 0.2) is 23.1 Å². The molecule has 2 rings (SSSR count). The highest BCUT2D eigenvalue weighted by Gasteiger charge is 2.25. The number of thioether (sulfide) groups is 1. The second-order valence-corrected chi connectivity index (χ2v) is 5.17. The van der Waals surface area contributed by atoms with Gasteiger partial charge in [-0.3, -0.25) is 0 Å². The van der Waals surface area contributed by atoms with Crippen LogP contribution in [-0.2, 0) is 4.74 Å². The average molecular weight is 234 g/mol. The van der Waals surface area contributed by atoms with Gasteiger partial charge in [-0.25, -0.2) is 0 Å². The first-order valence-electron chi connectivity index (χ1n) is 5.28. The van der Waals surface area contributed by atoms with Crippen molar-refractivity contribution < 1.29 is 4.74 Å². The maximum atomic E-state index is 9.03. The maximum Gasteiger partial charge on any atom is 0.100 e. The van der Waals surface area contributed by atoms with Crippen molar-refractivity contribution in [1.82, 2.24) is 0 Å². The third kappa shape index (κ3) is 2.31. The van der Waals surface area contributed by atoms with Crippen LogP contribution in [0.2, 0.25) is 0 Å². The second kappa shape index (κ2) is 4.77. The number of nitrogens with two attached hydrogens (primary N) is 1. The molecular formula is C12H14N2OS. The van der Waals surface area contributed by atoms with Crippen molar-refractivity contribution in [2.75, 3.05) is 12.3 Å². The molecule has 0 aliphatic carbocycles. The lowest BCUT2D eigenvalue weighted by Crippen LogP contribution is -2.13. The molecule has 2 atom stereocenters. The fourth-order valence-corrected chi connectivity index (χ4v) is 2.96. The number of benzene rings is 1. The van der Waals surface area contributed by atoms with E-state index < -0.39 is 0 Å². The van der Waals surface area contributed by atoms with Gasteiger partial charge in [-0.15, -0.1) is 11.8 Å². The quantitative estimate of drug-likeness (QED) is 0.798. The molecule has 2 unspecified atom stereocenters. The molecular weight excluding hydrogens is 220 g/mol.